The molecular formula is C14H23ClN4O. The Hall–Kier alpha value is -1.07. The van der Waals surface area contributed by atoms with Crippen LogP contribution < -0.4 is 10.6 Å². The van der Waals surface area contributed by atoms with Gasteiger partial charge in [-0.1, -0.05) is 32.4 Å². The van der Waals surface area contributed by atoms with Gasteiger partial charge >= 0.3 is 0 Å². The highest BCUT2D eigenvalue weighted by atomic mass is 35.5. The lowest BCUT2D eigenvalue weighted by molar-refractivity contribution is -0.0795. The molecule has 1 heterocycles. The molecule has 2 rings (SSSR count). The first-order chi connectivity index (χ1) is 9.48. The minimum absolute atomic E-state index is 0.0695. The highest BCUT2D eigenvalue weighted by Crippen LogP contribution is 2.44. The van der Waals surface area contributed by atoms with Gasteiger partial charge in [0.1, 0.15) is 5.02 Å². The zero-order chi connectivity index (χ0) is 14.8. The van der Waals surface area contributed by atoms with Crippen molar-refractivity contribution >= 4 is 23.4 Å². The molecular weight excluding hydrogens is 276 g/mol. The molecule has 0 bridgehead atoms. The third-order valence-electron chi connectivity index (χ3n) is 4.05. The van der Waals surface area contributed by atoms with Crippen molar-refractivity contribution in [2.75, 3.05) is 24.3 Å². The van der Waals surface area contributed by atoms with E-state index in [2.05, 4.69) is 41.4 Å². The third-order valence-corrected chi connectivity index (χ3v) is 4.33. The monoisotopic (exact) mass is 298 g/mol. The standard InChI is InChI=1S/C14H23ClN4O/c1-5-6-16-13-17-8-9(15)12(19-13)18-10-7-11(20-4)14(10,2)3/h8,10-11H,5-7H2,1-4H3,(H2,16,17,18,19). The van der Waals surface area contributed by atoms with E-state index in [9.17, 15) is 0 Å². The second kappa shape index (κ2) is 6.14. The molecule has 1 aliphatic carbocycles. The maximum atomic E-state index is 6.17. The van der Waals surface area contributed by atoms with Gasteiger partial charge in [-0.15, -0.1) is 0 Å². The Morgan fingerprint density at radius 2 is 2.25 bits per heavy atom. The van der Waals surface area contributed by atoms with Gasteiger partial charge in [0, 0.05) is 25.1 Å². The molecule has 0 saturated heterocycles. The predicted octanol–water partition coefficient (Wildman–Crippen LogP) is 3.18. The first kappa shape index (κ1) is 15.3. The Morgan fingerprint density at radius 3 is 2.85 bits per heavy atom. The van der Waals surface area contributed by atoms with Gasteiger partial charge in [0.05, 0.1) is 12.3 Å². The minimum atomic E-state index is 0.0695. The van der Waals surface area contributed by atoms with Crippen LogP contribution in [0.2, 0.25) is 5.02 Å². The van der Waals surface area contributed by atoms with Crippen molar-refractivity contribution < 1.29 is 4.74 Å². The van der Waals surface area contributed by atoms with Gasteiger partial charge in [0.15, 0.2) is 5.82 Å². The molecule has 0 radical (unpaired) electrons. The van der Waals surface area contributed by atoms with Crippen LogP contribution in [0.25, 0.3) is 0 Å². The van der Waals surface area contributed by atoms with Crippen molar-refractivity contribution in [3.63, 3.8) is 0 Å². The molecule has 112 valence electrons. The quantitative estimate of drug-likeness (QED) is 0.845. The summed E-state index contributed by atoms with van der Waals surface area (Å²) in [6.45, 7) is 7.33. The Kier molecular flexibility index (Phi) is 4.70. The van der Waals surface area contributed by atoms with Crippen molar-refractivity contribution in [3.05, 3.63) is 11.2 Å². The molecule has 6 heteroatoms. The lowest BCUT2D eigenvalue weighted by Crippen LogP contribution is -2.57. The van der Waals surface area contributed by atoms with Crippen LogP contribution >= 0.6 is 11.6 Å². The highest BCUT2D eigenvalue weighted by molar-refractivity contribution is 6.32. The van der Waals surface area contributed by atoms with Gasteiger partial charge in [-0.3, -0.25) is 0 Å². The fourth-order valence-corrected chi connectivity index (χ4v) is 2.63. The fourth-order valence-electron chi connectivity index (χ4n) is 2.49. The summed E-state index contributed by atoms with van der Waals surface area (Å²) in [4.78, 5) is 8.62. The van der Waals surface area contributed by atoms with E-state index < -0.39 is 0 Å². The van der Waals surface area contributed by atoms with Crippen LogP contribution in [0.1, 0.15) is 33.6 Å². The number of rotatable bonds is 6. The van der Waals surface area contributed by atoms with Crippen molar-refractivity contribution in [1.29, 1.82) is 0 Å². The Bertz CT molecular complexity index is 466. The van der Waals surface area contributed by atoms with Gasteiger partial charge < -0.3 is 15.4 Å². The lowest BCUT2D eigenvalue weighted by atomic mass is 9.64. The van der Waals surface area contributed by atoms with Crippen molar-refractivity contribution in [1.82, 2.24) is 9.97 Å². The molecule has 0 aromatic carbocycles. The lowest BCUT2D eigenvalue weighted by Gasteiger charge is -2.51. The Morgan fingerprint density at radius 1 is 1.50 bits per heavy atom. The second-order valence-corrected chi connectivity index (χ2v) is 6.20. The highest BCUT2D eigenvalue weighted by Gasteiger charge is 2.48. The normalized spacial score (nSPS) is 24.1. The molecule has 0 amide bonds. The molecule has 0 aliphatic heterocycles. The maximum absolute atomic E-state index is 6.17. The third kappa shape index (κ3) is 2.99. The van der Waals surface area contributed by atoms with Crippen LogP contribution in [0.5, 0.6) is 0 Å². The van der Waals surface area contributed by atoms with Gasteiger partial charge in [-0.25, -0.2) is 4.98 Å². The van der Waals surface area contributed by atoms with Crippen LogP contribution in [0.15, 0.2) is 6.20 Å². The van der Waals surface area contributed by atoms with Crippen LogP contribution in [0.4, 0.5) is 11.8 Å². The topological polar surface area (TPSA) is 59.1 Å². The summed E-state index contributed by atoms with van der Waals surface area (Å²) in [5.74, 6) is 1.30. The summed E-state index contributed by atoms with van der Waals surface area (Å²) < 4.78 is 5.46. The summed E-state index contributed by atoms with van der Waals surface area (Å²) in [7, 11) is 1.76. The van der Waals surface area contributed by atoms with Gasteiger partial charge in [0.25, 0.3) is 0 Å². The first-order valence-electron chi connectivity index (χ1n) is 7.04. The van der Waals surface area contributed by atoms with E-state index in [1.807, 2.05) is 0 Å². The van der Waals surface area contributed by atoms with Gasteiger partial charge in [-0.2, -0.15) is 4.98 Å². The zero-order valence-corrected chi connectivity index (χ0v) is 13.3. The molecule has 1 saturated carbocycles. The van der Waals surface area contributed by atoms with E-state index in [4.69, 9.17) is 16.3 Å². The number of hydrogen-bond donors (Lipinski definition) is 2. The van der Waals surface area contributed by atoms with Crippen molar-refractivity contribution in [3.8, 4) is 0 Å². The number of anilines is 2. The summed E-state index contributed by atoms with van der Waals surface area (Å²) in [5.41, 5.74) is 0.0695. The minimum Gasteiger partial charge on any atom is -0.381 e. The van der Waals surface area contributed by atoms with Crippen LogP contribution in [0.3, 0.4) is 0 Å². The molecule has 20 heavy (non-hydrogen) atoms. The molecule has 1 aliphatic rings. The number of hydrogen-bond acceptors (Lipinski definition) is 5. The van der Waals surface area contributed by atoms with E-state index in [0.29, 0.717) is 22.8 Å². The SMILES string of the molecule is CCCNc1ncc(Cl)c(NC2CC(OC)C2(C)C)n1. The Balaban J connectivity index is 2.06. The molecule has 2 unspecified atom stereocenters. The van der Waals surface area contributed by atoms with Crippen molar-refractivity contribution in [2.45, 2.75) is 45.8 Å². The summed E-state index contributed by atoms with van der Waals surface area (Å²) in [5, 5.41) is 7.13. The molecule has 1 aromatic heterocycles. The zero-order valence-electron chi connectivity index (χ0n) is 12.5. The number of ether oxygens (including phenoxy) is 1. The predicted molar refractivity (Wildman–Crippen MR) is 82.4 cm³/mol. The molecule has 0 spiro atoms. The van der Waals surface area contributed by atoms with Crippen molar-refractivity contribution in [2.24, 2.45) is 5.41 Å². The summed E-state index contributed by atoms with van der Waals surface area (Å²) in [6.07, 6.45) is 3.90. The molecule has 2 atom stereocenters. The summed E-state index contributed by atoms with van der Waals surface area (Å²) >= 11 is 6.17. The number of methoxy groups -OCH3 is 1. The van der Waals surface area contributed by atoms with Crippen LogP contribution in [0, 0.1) is 5.41 Å². The Labute approximate surface area is 125 Å². The van der Waals surface area contributed by atoms with Gasteiger partial charge in [0.2, 0.25) is 5.95 Å². The van der Waals surface area contributed by atoms with E-state index in [1.54, 1.807) is 13.3 Å². The van der Waals surface area contributed by atoms with Crippen LogP contribution in [-0.4, -0.2) is 35.8 Å². The molecule has 2 N–H and O–H groups in total. The number of aromatic nitrogens is 2. The second-order valence-electron chi connectivity index (χ2n) is 5.80. The number of nitrogens with one attached hydrogen (secondary N) is 2. The fraction of sp³-hybridized carbons (Fsp3) is 0.714. The van der Waals surface area contributed by atoms with E-state index in [-0.39, 0.29) is 11.5 Å². The average Bonchev–Trinajstić information content (AvgIpc) is 2.43. The van der Waals surface area contributed by atoms with E-state index >= 15 is 0 Å². The van der Waals surface area contributed by atoms with E-state index in [0.717, 1.165) is 19.4 Å². The molecule has 1 fully saturated rings. The average molecular weight is 299 g/mol. The maximum Gasteiger partial charge on any atom is 0.224 e. The van der Waals surface area contributed by atoms with E-state index in [1.165, 1.54) is 0 Å². The number of nitrogens with zero attached hydrogens (tertiary/aromatic N) is 2. The van der Waals surface area contributed by atoms with Crippen LogP contribution in [-0.2, 0) is 4.74 Å². The molecule has 1 aromatic rings. The smallest absolute Gasteiger partial charge is 0.224 e. The molecule has 5 nitrogen and oxygen atoms in total. The first-order valence-corrected chi connectivity index (χ1v) is 7.42. The van der Waals surface area contributed by atoms with Gasteiger partial charge in [-0.05, 0) is 12.8 Å². The summed E-state index contributed by atoms with van der Waals surface area (Å²) in [6, 6.07) is 0.305. The largest absolute Gasteiger partial charge is 0.381 e. The number of halogens is 1.